The molecule has 0 aromatic rings. The predicted molar refractivity (Wildman–Crippen MR) is 99.8 cm³/mol. The molecule has 1 N–H and O–H groups in total. The van der Waals surface area contributed by atoms with Gasteiger partial charge in [-0.15, -0.1) is 0 Å². The molecule has 2 heteroatoms. The van der Waals surface area contributed by atoms with Crippen LogP contribution in [0.3, 0.4) is 0 Å². The van der Waals surface area contributed by atoms with Gasteiger partial charge >= 0.3 is 0 Å². The zero-order valence-electron chi connectivity index (χ0n) is 13.7. The van der Waals surface area contributed by atoms with Crippen molar-refractivity contribution in [3.8, 4) is 0 Å². The Labute approximate surface area is 141 Å². The van der Waals surface area contributed by atoms with Crippen LogP contribution in [0.4, 0.5) is 0 Å². The summed E-state index contributed by atoms with van der Waals surface area (Å²) in [6.45, 7) is 2.65. The fourth-order valence-electron chi connectivity index (χ4n) is 2.65. The molecule has 0 spiro atoms. The smallest absolute Gasteiger partial charge is 0.0431 e. The lowest BCUT2D eigenvalue weighted by Crippen LogP contribution is -1.97. The van der Waals surface area contributed by atoms with Crippen LogP contribution in [-0.2, 0) is 0 Å². The van der Waals surface area contributed by atoms with E-state index in [1.165, 1.54) is 89.9 Å². The summed E-state index contributed by atoms with van der Waals surface area (Å²) in [7, 11) is 0. The molecule has 0 amide bonds. The van der Waals surface area contributed by atoms with E-state index in [1.807, 2.05) is 0 Å². The fraction of sp³-hybridized carbons (Fsp3) is 1.00. The minimum Gasteiger partial charge on any atom is -0.396 e. The van der Waals surface area contributed by atoms with Crippen molar-refractivity contribution < 1.29 is 5.11 Å². The number of aliphatic hydroxyl groups is 1. The Kier molecular flexibility index (Phi) is 18.4. The highest BCUT2D eigenvalue weighted by Crippen LogP contribution is 2.19. The standard InChI is InChI=1S/C18H37IO/c1-2-3-4-5-6-9-12-15-18(19)16-13-10-7-8-11-14-17-20/h18,20H,2-17H2,1H3. The second-order valence-corrected chi connectivity index (χ2v) is 7.90. The molecule has 0 aliphatic heterocycles. The summed E-state index contributed by atoms with van der Waals surface area (Å²) in [5, 5.41) is 8.70. The first-order chi connectivity index (χ1) is 9.81. The molecule has 0 rings (SSSR count). The SMILES string of the molecule is CCCCCCCCCC(I)CCCCCCCCO. The molecule has 0 saturated carbocycles. The van der Waals surface area contributed by atoms with Gasteiger partial charge < -0.3 is 5.11 Å². The van der Waals surface area contributed by atoms with Crippen molar-refractivity contribution in [3.05, 3.63) is 0 Å². The lowest BCUT2D eigenvalue weighted by molar-refractivity contribution is 0.282. The predicted octanol–water partition coefficient (Wildman–Crippen LogP) is 6.65. The number of rotatable bonds is 16. The summed E-state index contributed by atoms with van der Waals surface area (Å²) in [5.74, 6) is 0. The van der Waals surface area contributed by atoms with Crippen molar-refractivity contribution in [1.29, 1.82) is 0 Å². The van der Waals surface area contributed by atoms with Crippen LogP contribution in [0.1, 0.15) is 103 Å². The van der Waals surface area contributed by atoms with E-state index >= 15 is 0 Å². The molecular weight excluding hydrogens is 359 g/mol. The molecule has 0 aromatic carbocycles. The quantitative estimate of drug-likeness (QED) is 0.176. The van der Waals surface area contributed by atoms with Crippen molar-refractivity contribution in [3.63, 3.8) is 0 Å². The Hall–Kier alpha value is 0.690. The van der Waals surface area contributed by atoms with Gasteiger partial charge in [-0.1, -0.05) is 107 Å². The van der Waals surface area contributed by atoms with E-state index in [1.54, 1.807) is 0 Å². The molecule has 1 atom stereocenters. The van der Waals surface area contributed by atoms with Crippen LogP contribution < -0.4 is 0 Å². The van der Waals surface area contributed by atoms with E-state index in [0.29, 0.717) is 6.61 Å². The number of aliphatic hydroxyl groups excluding tert-OH is 1. The van der Waals surface area contributed by atoms with Gasteiger partial charge in [-0.25, -0.2) is 0 Å². The molecule has 0 saturated heterocycles. The van der Waals surface area contributed by atoms with E-state index in [2.05, 4.69) is 29.5 Å². The zero-order chi connectivity index (χ0) is 14.9. The van der Waals surface area contributed by atoms with Crippen molar-refractivity contribution in [2.24, 2.45) is 0 Å². The third-order valence-corrected chi connectivity index (χ3v) is 5.29. The Balaban J connectivity index is 3.11. The zero-order valence-corrected chi connectivity index (χ0v) is 15.9. The second-order valence-electron chi connectivity index (χ2n) is 6.14. The Morgan fingerprint density at radius 3 is 1.50 bits per heavy atom. The number of halogens is 1. The highest BCUT2D eigenvalue weighted by Gasteiger charge is 2.03. The second kappa shape index (κ2) is 17.7. The van der Waals surface area contributed by atoms with Gasteiger partial charge in [0.25, 0.3) is 0 Å². The van der Waals surface area contributed by atoms with Gasteiger partial charge in [0, 0.05) is 10.5 Å². The van der Waals surface area contributed by atoms with E-state index in [9.17, 15) is 0 Å². The van der Waals surface area contributed by atoms with Gasteiger partial charge in [0.1, 0.15) is 0 Å². The topological polar surface area (TPSA) is 20.2 Å². The molecule has 20 heavy (non-hydrogen) atoms. The maximum absolute atomic E-state index is 8.70. The monoisotopic (exact) mass is 396 g/mol. The number of hydrogen-bond donors (Lipinski definition) is 1. The maximum atomic E-state index is 8.70. The normalized spacial score (nSPS) is 12.8. The Morgan fingerprint density at radius 2 is 1.05 bits per heavy atom. The van der Waals surface area contributed by atoms with Crippen LogP contribution in [0, 0.1) is 0 Å². The summed E-state index contributed by atoms with van der Waals surface area (Å²) in [6.07, 6.45) is 20.5. The summed E-state index contributed by atoms with van der Waals surface area (Å²) >= 11 is 2.66. The largest absolute Gasteiger partial charge is 0.396 e. The summed E-state index contributed by atoms with van der Waals surface area (Å²) < 4.78 is 0.903. The van der Waals surface area contributed by atoms with Gasteiger partial charge in [-0.2, -0.15) is 0 Å². The molecule has 1 nitrogen and oxygen atoms in total. The molecule has 0 aliphatic rings. The number of unbranched alkanes of at least 4 members (excludes halogenated alkanes) is 11. The molecule has 0 bridgehead atoms. The van der Waals surface area contributed by atoms with Crippen LogP contribution >= 0.6 is 22.6 Å². The first-order valence-electron chi connectivity index (χ1n) is 9.06. The van der Waals surface area contributed by atoms with Crippen LogP contribution in [-0.4, -0.2) is 15.6 Å². The third kappa shape index (κ3) is 16.7. The fourth-order valence-corrected chi connectivity index (χ4v) is 3.53. The summed E-state index contributed by atoms with van der Waals surface area (Å²) in [6, 6.07) is 0. The first-order valence-corrected chi connectivity index (χ1v) is 10.3. The summed E-state index contributed by atoms with van der Waals surface area (Å²) in [4.78, 5) is 0. The lowest BCUT2D eigenvalue weighted by Gasteiger charge is -2.09. The Bertz CT molecular complexity index is 155. The van der Waals surface area contributed by atoms with Gasteiger partial charge in [-0.3, -0.25) is 0 Å². The number of alkyl halides is 1. The molecule has 0 aromatic heterocycles. The first kappa shape index (κ1) is 20.7. The maximum Gasteiger partial charge on any atom is 0.0431 e. The van der Waals surface area contributed by atoms with Gasteiger partial charge in [0.15, 0.2) is 0 Å². The third-order valence-electron chi connectivity index (χ3n) is 4.05. The van der Waals surface area contributed by atoms with E-state index in [0.717, 1.165) is 10.3 Å². The number of hydrogen-bond acceptors (Lipinski definition) is 1. The Morgan fingerprint density at radius 1 is 0.650 bits per heavy atom. The molecule has 0 aliphatic carbocycles. The van der Waals surface area contributed by atoms with Crippen LogP contribution in [0.2, 0.25) is 0 Å². The molecule has 0 fully saturated rings. The van der Waals surface area contributed by atoms with Crippen molar-refractivity contribution in [2.45, 2.75) is 107 Å². The van der Waals surface area contributed by atoms with Crippen molar-refractivity contribution in [2.75, 3.05) is 6.61 Å². The van der Waals surface area contributed by atoms with Gasteiger partial charge in [0.2, 0.25) is 0 Å². The molecule has 0 radical (unpaired) electrons. The van der Waals surface area contributed by atoms with Crippen LogP contribution in [0.25, 0.3) is 0 Å². The van der Waals surface area contributed by atoms with E-state index in [-0.39, 0.29) is 0 Å². The van der Waals surface area contributed by atoms with Crippen LogP contribution in [0.15, 0.2) is 0 Å². The summed E-state index contributed by atoms with van der Waals surface area (Å²) in [5.41, 5.74) is 0. The lowest BCUT2D eigenvalue weighted by atomic mass is 10.0. The van der Waals surface area contributed by atoms with E-state index in [4.69, 9.17) is 5.11 Å². The highest BCUT2D eigenvalue weighted by molar-refractivity contribution is 14.1. The highest BCUT2D eigenvalue weighted by atomic mass is 127. The minimum atomic E-state index is 0.369. The van der Waals surface area contributed by atoms with Crippen LogP contribution in [0.5, 0.6) is 0 Å². The average Bonchev–Trinajstić information content (AvgIpc) is 2.45. The van der Waals surface area contributed by atoms with Crippen molar-refractivity contribution >= 4 is 22.6 Å². The molecular formula is C18H37IO. The van der Waals surface area contributed by atoms with Gasteiger partial charge in [-0.05, 0) is 19.3 Å². The van der Waals surface area contributed by atoms with Gasteiger partial charge in [0.05, 0.1) is 0 Å². The van der Waals surface area contributed by atoms with E-state index < -0.39 is 0 Å². The average molecular weight is 396 g/mol. The molecule has 0 heterocycles. The minimum absolute atomic E-state index is 0.369. The molecule has 1 unspecified atom stereocenters. The van der Waals surface area contributed by atoms with Crippen molar-refractivity contribution in [1.82, 2.24) is 0 Å². The molecule has 122 valence electrons.